The number of nitrogens with zero attached hydrogens (tertiary/aromatic N) is 2. The minimum atomic E-state index is -4.42. The highest BCUT2D eigenvalue weighted by Crippen LogP contribution is 2.33. The zero-order chi connectivity index (χ0) is 32.2. The van der Waals surface area contributed by atoms with Crippen molar-refractivity contribution in [2.24, 2.45) is 0 Å². The fourth-order valence-electron chi connectivity index (χ4n) is 6.47. The first kappa shape index (κ1) is 33.0. The normalized spacial score (nSPS) is 20.0. The van der Waals surface area contributed by atoms with Gasteiger partial charge in [-0.1, -0.05) is 12.0 Å². The number of hydrogen-bond acceptors (Lipinski definition) is 7. The Balaban J connectivity index is 1.30. The Morgan fingerprint density at radius 3 is 2.36 bits per heavy atom. The molecule has 0 bridgehead atoms. The maximum Gasteiger partial charge on any atom is 0.406 e. The molecule has 5 rings (SSSR count). The van der Waals surface area contributed by atoms with E-state index in [9.17, 15) is 21.6 Å². The Bertz CT molecular complexity index is 1650. The Morgan fingerprint density at radius 1 is 0.978 bits per heavy atom. The lowest BCUT2D eigenvalue weighted by atomic mass is 9.88. The van der Waals surface area contributed by atoms with Crippen LogP contribution in [-0.2, 0) is 21.1 Å². The van der Waals surface area contributed by atoms with Crippen LogP contribution < -0.4 is 15.4 Å². The van der Waals surface area contributed by atoms with Gasteiger partial charge in [-0.05, 0) is 74.8 Å². The number of benzene rings is 2. The summed E-state index contributed by atoms with van der Waals surface area (Å²) in [6, 6.07) is 12.4. The molecular formula is C33H41F3N4O4S. The number of hydrogen-bond donors (Lipinski definition) is 2. The van der Waals surface area contributed by atoms with E-state index >= 15 is 0 Å². The second kappa shape index (κ2) is 13.9. The summed E-state index contributed by atoms with van der Waals surface area (Å²) < 4.78 is 76.8. The first-order valence-electron chi connectivity index (χ1n) is 15.3. The van der Waals surface area contributed by atoms with Crippen LogP contribution in [0.25, 0.3) is 10.9 Å². The molecule has 2 aromatic carbocycles. The molecule has 0 radical (unpaired) electrons. The van der Waals surface area contributed by atoms with Crippen LogP contribution >= 0.6 is 0 Å². The van der Waals surface area contributed by atoms with Gasteiger partial charge in [0, 0.05) is 55.7 Å². The molecule has 3 aromatic rings. The molecule has 8 nitrogen and oxygen atoms in total. The molecule has 0 atom stereocenters. The minimum absolute atomic E-state index is 0.111. The predicted molar refractivity (Wildman–Crippen MR) is 171 cm³/mol. The Kier molecular flexibility index (Phi) is 10.2. The topological polar surface area (TPSA) is 84.8 Å². The van der Waals surface area contributed by atoms with Crippen molar-refractivity contribution in [1.82, 2.24) is 9.47 Å². The summed E-state index contributed by atoms with van der Waals surface area (Å²) in [5, 5.41) is 7.41. The number of nitrogens with one attached hydrogen (secondary N) is 2. The van der Waals surface area contributed by atoms with Crippen LogP contribution in [0.5, 0.6) is 5.75 Å². The summed E-state index contributed by atoms with van der Waals surface area (Å²) in [4.78, 5) is 2.71. The lowest BCUT2D eigenvalue weighted by Gasteiger charge is -2.40. The van der Waals surface area contributed by atoms with Crippen molar-refractivity contribution in [3.8, 4) is 17.6 Å². The summed E-state index contributed by atoms with van der Waals surface area (Å²) in [6.45, 7) is 1.09. The maximum absolute atomic E-state index is 13.7. The molecule has 2 heterocycles. The van der Waals surface area contributed by atoms with Gasteiger partial charge < -0.3 is 29.6 Å². The molecule has 1 aliphatic carbocycles. The van der Waals surface area contributed by atoms with E-state index in [1.165, 1.54) is 23.8 Å². The second-order valence-corrected chi connectivity index (χ2v) is 13.9. The van der Waals surface area contributed by atoms with Gasteiger partial charge >= 0.3 is 6.18 Å². The summed E-state index contributed by atoms with van der Waals surface area (Å²) in [6.07, 6.45) is 3.37. The summed E-state index contributed by atoms with van der Waals surface area (Å²) >= 11 is 0. The second-order valence-electron chi connectivity index (χ2n) is 11.9. The first-order valence-corrected chi connectivity index (χ1v) is 17.2. The molecule has 2 fully saturated rings. The van der Waals surface area contributed by atoms with Crippen LogP contribution in [0.1, 0.15) is 44.2 Å². The number of rotatable bonds is 9. The average molecular weight is 647 g/mol. The quantitative estimate of drug-likeness (QED) is 0.280. The minimum Gasteiger partial charge on any atom is -0.495 e. The average Bonchev–Trinajstić information content (AvgIpc) is 3.35. The van der Waals surface area contributed by atoms with Crippen molar-refractivity contribution in [1.29, 1.82) is 0 Å². The lowest BCUT2D eigenvalue weighted by molar-refractivity contribution is -0.140. The van der Waals surface area contributed by atoms with E-state index in [-0.39, 0.29) is 23.2 Å². The van der Waals surface area contributed by atoms with E-state index < -0.39 is 22.6 Å². The van der Waals surface area contributed by atoms with Gasteiger partial charge in [0.05, 0.1) is 41.6 Å². The zero-order valence-corrected chi connectivity index (χ0v) is 26.7. The van der Waals surface area contributed by atoms with Gasteiger partial charge in [-0.2, -0.15) is 13.2 Å². The third-order valence-corrected chi connectivity index (χ3v) is 9.96. The van der Waals surface area contributed by atoms with E-state index in [1.807, 2.05) is 6.07 Å². The first-order chi connectivity index (χ1) is 21.4. The lowest BCUT2D eigenvalue weighted by Crippen LogP contribution is -2.45. The Hall–Kier alpha value is -3.40. The van der Waals surface area contributed by atoms with Crippen molar-refractivity contribution < 1.29 is 31.1 Å². The monoisotopic (exact) mass is 646 g/mol. The van der Waals surface area contributed by atoms with Gasteiger partial charge in [0.15, 0.2) is 9.84 Å². The fourth-order valence-corrected chi connectivity index (χ4v) is 7.10. The molecule has 1 saturated heterocycles. The van der Waals surface area contributed by atoms with E-state index in [1.54, 1.807) is 31.4 Å². The predicted octanol–water partition coefficient (Wildman–Crippen LogP) is 5.91. The number of ether oxygens (including phenoxy) is 2. The summed E-state index contributed by atoms with van der Waals surface area (Å²) in [5.74, 6) is 6.17. The smallest absolute Gasteiger partial charge is 0.406 e. The number of fused-ring (bicyclic) bond motifs is 1. The molecule has 0 amide bonds. The zero-order valence-electron chi connectivity index (χ0n) is 25.9. The van der Waals surface area contributed by atoms with Crippen molar-refractivity contribution in [2.45, 2.75) is 74.3 Å². The highest BCUT2D eigenvalue weighted by molar-refractivity contribution is 7.90. The van der Waals surface area contributed by atoms with Gasteiger partial charge in [0.2, 0.25) is 0 Å². The molecular weight excluding hydrogens is 605 g/mol. The van der Waals surface area contributed by atoms with Crippen LogP contribution in [0.4, 0.5) is 24.5 Å². The number of piperidine rings is 1. The van der Waals surface area contributed by atoms with E-state index in [4.69, 9.17) is 9.47 Å². The van der Waals surface area contributed by atoms with Crippen molar-refractivity contribution in [2.75, 3.05) is 50.7 Å². The molecule has 244 valence electrons. The Morgan fingerprint density at radius 2 is 1.71 bits per heavy atom. The van der Waals surface area contributed by atoms with E-state index in [0.717, 1.165) is 63.6 Å². The van der Waals surface area contributed by atoms with Crippen LogP contribution in [0.2, 0.25) is 0 Å². The van der Waals surface area contributed by atoms with Crippen LogP contribution in [0, 0.1) is 11.8 Å². The maximum atomic E-state index is 13.7. The number of anilines is 2. The number of halogens is 3. The molecule has 45 heavy (non-hydrogen) atoms. The van der Waals surface area contributed by atoms with Crippen molar-refractivity contribution >= 4 is 32.1 Å². The largest absolute Gasteiger partial charge is 0.495 e. The molecule has 2 aliphatic rings. The molecule has 1 aromatic heterocycles. The van der Waals surface area contributed by atoms with E-state index in [2.05, 4.69) is 27.4 Å². The van der Waals surface area contributed by atoms with Crippen LogP contribution in [-0.4, -0.2) is 82.4 Å². The number of alkyl halides is 3. The highest BCUT2D eigenvalue weighted by atomic mass is 32.2. The van der Waals surface area contributed by atoms with Gasteiger partial charge in [0.1, 0.15) is 12.3 Å². The van der Waals surface area contributed by atoms with Gasteiger partial charge in [-0.15, -0.1) is 0 Å². The molecule has 1 saturated carbocycles. The SMILES string of the molecule is COc1cc(S(C)(=O)=O)ccc1NCC#Cc1cc2c(NC3CCC(N4CCC(OC)CC4)CC3)cccc2n1CC(F)(F)F. The summed E-state index contributed by atoms with van der Waals surface area (Å²) in [5.41, 5.74) is 2.08. The number of aromatic nitrogens is 1. The van der Waals surface area contributed by atoms with Gasteiger partial charge in [0.25, 0.3) is 0 Å². The van der Waals surface area contributed by atoms with Crippen molar-refractivity contribution in [3.63, 3.8) is 0 Å². The molecule has 2 N–H and O–H groups in total. The van der Waals surface area contributed by atoms with Gasteiger partial charge in [-0.3, -0.25) is 0 Å². The van der Waals surface area contributed by atoms with Gasteiger partial charge in [-0.25, -0.2) is 8.42 Å². The highest BCUT2D eigenvalue weighted by Gasteiger charge is 2.31. The molecule has 0 spiro atoms. The third-order valence-electron chi connectivity index (χ3n) is 8.85. The van der Waals surface area contributed by atoms with Crippen LogP contribution in [0.3, 0.4) is 0 Å². The van der Waals surface area contributed by atoms with Crippen LogP contribution in [0.15, 0.2) is 47.4 Å². The fraction of sp³-hybridized carbons (Fsp3) is 0.515. The Labute approximate surface area is 263 Å². The standard InChI is InChI=1S/C33H41F3N4O4S/c1-43-26-15-18-39(19-16-26)24-11-9-23(10-12-24)38-29-7-4-8-31-28(29)20-25(40(31)22-33(34,35)36)6-5-17-37-30-14-13-27(45(3,41)42)21-32(30)44-2/h4,7-8,13-14,20-21,23-24,26,37-38H,9-12,15-19,22H2,1-3H3. The number of methoxy groups -OCH3 is 2. The molecule has 0 unspecified atom stereocenters. The third kappa shape index (κ3) is 8.26. The number of likely N-dealkylation sites (tertiary alicyclic amines) is 1. The van der Waals surface area contributed by atoms with E-state index in [0.29, 0.717) is 34.5 Å². The molecule has 1 aliphatic heterocycles. The number of sulfone groups is 1. The summed E-state index contributed by atoms with van der Waals surface area (Å²) in [7, 11) is -0.199. The van der Waals surface area contributed by atoms with Crippen molar-refractivity contribution in [3.05, 3.63) is 48.2 Å². The molecule has 12 heteroatoms.